The maximum atomic E-state index is 12.7. The lowest BCUT2D eigenvalue weighted by atomic mass is 9.86. The number of hydrogen-bond acceptors (Lipinski definition) is 3. The van der Waals surface area contributed by atoms with Crippen molar-refractivity contribution in [2.24, 2.45) is 5.73 Å². The number of carbonyl (C=O) groups is 3. The lowest BCUT2D eigenvalue weighted by Gasteiger charge is -2.38. The Kier molecular flexibility index (Phi) is 5.77. The number of nitrogens with one attached hydrogen (secondary N) is 1. The second-order valence-electron chi connectivity index (χ2n) is 6.16. The number of carbonyl (C=O) groups excluding carboxylic acids is 2. The van der Waals surface area contributed by atoms with Crippen LogP contribution < -0.4 is 11.1 Å². The number of piperidine rings is 1. The second-order valence-corrected chi connectivity index (χ2v) is 6.16. The number of amides is 3. The van der Waals surface area contributed by atoms with Crippen LogP contribution in [0.2, 0.25) is 0 Å². The van der Waals surface area contributed by atoms with Crippen LogP contribution in [0.3, 0.4) is 0 Å². The molecule has 1 aromatic carbocycles. The van der Waals surface area contributed by atoms with Crippen molar-refractivity contribution in [3.05, 3.63) is 41.5 Å². The van der Waals surface area contributed by atoms with Crippen molar-refractivity contribution >= 4 is 24.0 Å². The SMILES string of the molecule is NC(=O)C1(NC(=O)/C=C/c2cccc(C(F)(F)F)c2)CCN(C(=O)O)CC1. The predicted molar refractivity (Wildman–Crippen MR) is 89.4 cm³/mol. The molecule has 27 heavy (non-hydrogen) atoms. The maximum Gasteiger partial charge on any atom is 0.416 e. The number of nitrogens with two attached hydrogens (primary N) is 1. The molecular formula is C17H18F3N3O4. The van der Waals surface area contributed by atoms with Crippen molar-refractivity contribution in [2.45, 2.75) is 24.6 Å². The number of carboxylic acid groups (broad SMARTS) is 1. The fraction of sp³-hybridized carbons (Fsp3) is 0.353. The average molecular weight is 385 g/mol. The van der Waals surface area contributed by atoms with E-state index >= 15 is 0 Å². The molecule has 1 aliphatic rings. The third-order valence-electron chi connectivity index (χ3n) is 4.36. The second kappa shape index (κ2) is 7.68. The maximum absolute atomic E-state index is 12.7. The highest BCUT2D eigenvalue weighted by Gasteiger charge is 2.41. The minimum atomic E-state index is -4.50. The molecule has 0 saturated carbocycles. The summed E-state index contributed by atoms with van der Waals surface area (Å²) in [6.07, 6.45) is -3.42. The molecule has 0 radical (unpaired) electrons. The summed E-state index contributed by atoms with van der Waals surface area (Å²) in [5, 5.41) is 11.4. The molecule has 1 saturated heterocycles. The van der Waals surface area contributed by atoms with E-state index in [1.807, 2.05) is 0 Å². The molecule has 2 rings (SSSR count). The van der Waals surface area contributed by atoms with Gasteiger partial charge in [-0.25, -0.2) is 4.79 Å². The van der Waals surface area contributed by atoms with Crippen LogP contribution in [0.25, 0.3) is 6.08 Å². The van der Waals surface area contributed by atoms with Crippen LogP contribution in [0, 0.1) is 0 Å². The molecule has 10 heteroatoms. The molecular weight excluding hydrogens is 367 g/mol. The molecule has 4 N–H and O–H groups in total. The summed E-state index contributed by atoms with van der Waals surface area (Å²) < 4.78 is 38.1. The standard InChI is InChI=1S/C17H18F3N3O4/c18-17(19,20)12-3-1-2-11(10-12)4-5-13(24)22-16(14(21)25)6-8-23(9-7-16)15(26)27/h1-5,10H,6-9H2,(H2,21,25)(H,22,24)(H,26,27)/b5-4+. The Labute approximate surface area is 152 Å². The first-order chi connectivity index (χ1) is 12.5. The number of hydrogen-bond donors (Lipinski definition) is 3. The van der Waals surface area contributed by atoms with Crippen molar-refractivity contribution in [3.8, 4) is 0 Å². The summed E-state index contributed by atoms with van der Waals surface area (Å²) >= 11 is 0. The average Bonchev–Trinajstić information content (AvgIpc) is 2.60. The topological polar surface area (TPSA) is 113 Å². The quantitative estimate of drug-likeness (QED) is 0.687. The minimum absolute atomic E-state index is 0.0117. The van der Waals surface area contributed by atoms with Gasteiger partial charge in [-0.2, -0.15) is 13.2 Å². The summed E-state index contributed by atoms with van der Waals surface area (Å²) in [7, 11) is 0. The van der Waals surface area contributed by atoms with E-state index in [-0.39, 0.29) is 31.5 Å². The van der Waals surface area contributed by atoms with Crippen molar-refractivity contribution in [3.63, 3.8) is 0 Å². The molecule has 0 aromatic heterocycles. The molecule has 1 aromatic rings. The van der Waals surface area contributed by atoms with Crippen molar-refractivity contribution in [1.82, 2.24) is 10.2 Å². The molecule has 0 atom stereocenters. The van der Waals surface area contributed by atoms with E-state index in [1.165, 1.54) is 18.2 Å². The van der Waals surface area contributed by atoms with Gasteiger partial charge < -0.3 is 21.1 Å². The molecule has 1 aliphatic heterocycles. The van der Waals surface area contributed by atoms with Gasteiger partial charge in [-0.15, -0.1) is 0 Å². The van der Waals surface area contributed by atoms with Crippen LogP contribution in [0.15, 0.2) is 30.3 Å². The summed E-state index contributed by atoms with van der Waals surface area (Å²) in [4.78, 5) is 36.0. The van der Waals surface area contributed by atoms with Crippen LogP contribution >= 0.6 is 0 Å². The molecule has 7 nitrogen and oxygen atoms in total. The Balaban J connectivity index is 2.08. The normalized spacial score (nSPS) is 16.9. The van der Waals surface area contributed by atoms with Gasteiger partial charge in [0.15, 0.2) is 0 Å². The highest BCUT2D eigenvalue weighted by Crippen LogP contribution is 2.29. The summed E-state index contributed by atoms with van der Waals surface area (Å²) in [6, 6.07) is 4.41. The number of likely N-dealkylation sites (tertiary alicyclic amines) is 1. The van der Waals surface area contributed by atoms with Crippen LogP contribution in [0.5, 0.6) is 0 Å². The van der Waals surface area contributed by atoms with E-state index < -0.39 is 35.2 Å². The number of nitrogens with zero attached hydrogens (tertiary/aromatic N) is 1. The Bertz CT molecular complexity index is 769. The van der Waals surface area contributed by atoms with Gasteiger partial charge in [0.05, 0.1) is 5.56 Å². The number of benzene rings is 1. The Morgan fingerprint density at radius 1 is 1.22 bits per heavy atom. The number of halogens is 3. The first-order valence-electron chi connectivity index (χ1n) is 7.99. The zero-order valence-corrected chi connectivity index (χ0v) is 14.1. The molecule has 3 amide bonds. The van der Waals surface area contributed by atoms with Gasteiger partial charge >= 0.3 is 12.3 Å². The van der Waals surface area contributed by atoms with E-state index in [2.05, 4.69) is 5.32 Å². The third kappa shape index (κ3) is 4.99. The van der Waals surface area contributed by atoms with Crippen molar-refractivity contribution < 1.29 is 32.7 Å². The van der Waals surface area contributed by atoms with Crippen LogP contribution in [-0.2, 0) is 15.8 Å². The van der Waals surface area contributed by atoms with E-state index in [4.69, 9.17) is 10.8 Å². The molecule has 0 aliphatic carbocycles. The van der Waals surface area contributed by atoms with Gasteiger partial charge in [0.25, 0.3) is 0 Å². The van der Waals surface area contributed by atoms with E-state index in [9.17, 15) is 27.6 Å². The van der Waals surface area contributed by atoms with E-state index in [0.717, 1.165) is 23.1 Å². The van der Waals surface area contributed by atoms with Crippen LogP contribution in [-0.4, -0.2) is 46.5 Å². The lowest BCUT2D eigenvalue weighted by Crippen LogP contribution is -2.62. The van der Waals surface area contributed by atoms with Crippen LogP contribution in [0.1, 0.15) is 24.0 Å². The summed E-state index contributed by atoms with van der Waals surface area (Å²) in [6.45, 7) is 0.0474. The van der Waals surface area contributed by atoms with Gasteiger partial charge in [-0.05, 0) is 36.6 Å². The third-order valence-corrected chi connectivity index (χ3v) is 4.36. The molecule has 0 unspecified atom stereocenters. The Morgan fingerprint density at radius 2 is 1.85 bits per heavy atom. The summed E-state index contributed by atoms with van der Waals surface area (Å²) in [5.41, 5.74) is 3.29. The number of primary amides is 1. The highest BCUT2D eigenvalue weighted by atomic mass is 19.4. The van der Waals surface area contributed by atoms with Crippen molar-refractivity contribution in [1.29, 1.82) is 0 Å². The van der Waals surface area contributed by atoms with Crippen molar-refractivity contribution in [2.75, 3.05) is 13.1 Å². The zero-order chi connectivity index (χ0) is 20.2. The Hall–Kier alpha value is -3.04. The first-order valence-corrected chi connectivity index (χ1v) is 7.99. The van der Waals surface area contributed by atoms with Crippen LogP contribution in [0.4, 0.5) is 18.0 Å². The predicted octanol–water partition coefficient (Wildman–Crippen LogP) is 1.83. The smallest absolute Gasteiger partial charge is 0.416 e. The zero-order valence-electron chi connectivity index (χ0n) is 14.1. The molecule has 146 valence electrons. The van der Waals surface area contributed by atoms with E-state index in [1.54, 1.807) is 0 Å². The minimum Gasteiger partial charge on any atom is -0.465 e. The van der Waals surface area contributed by atoms with Gasteiger partial charge in [-0.1, -0.05) is 12.1 Å². The number of rotatable bonds is 4. The monoisotopic (exact) mass is 385 g/mol. The molecule has 1 heterocycles. The molecule has 1 fully saturated rings. The fourth-order valence-electron chi connectivity index (χ4n) is 2.78. The largest absolute Gasteiger partial charge is 0.465 e. The van der Waals surface area contributed by atoms with Gasteiger partial charge in [-0.3, -0.25) is 9.59 Å². The van der Waals surface area contributed by atoms with Gasteiger partial charge in [0.2, 0.25) is 11.8 Å². The van der Waals surface area contributed by atoms with E-state index in [0.29, 0.717) is 0 Å². The Morgan fingerprint density at radius 3 is 2.37 bits per heavy atom. The summed E-state index contributed by atoms with van der Waals surface area (Å²) in [5.74, 6) is -1.51. The molecule has 0 spiro atoms. The van der Waals surface area contributed by atoms with Gasteiger partial charge in [0.1, 0.15) is 5.54 Å². The highest BCUT2D eigenvalue weighted by molar-refractivity contribution is 5.97. The lowest BCUT2D eigenvalue weighted by molar-refractivity contribution is -0.137. The number of alkyl halides is 3. The first kappa shape index (κ1) is 20.3. The fourth-order valence-corrected chi connectivity index (χ4v) is 2.78. The van der Waals surface area contributed by atoms with Gasteiger partial charge in [0, 0.05) is 19.2 Å². The molecule has 0 bridgehead atoms.